The van der Waals surface area contributed by atoms with E-state index in [0.717, 1.165) is 11.8 Å². The number of furan rings is 1. The van der Waals surface area contributed by atoms with Gasteiger partial charge in [0.05, 0.1) is 22.6 Å². The Hall–Kier alpha value is -3.17. The summed E-state index contributed by atoms with van der Waals surface area (Å²) in [4.78, 5) is 16.8. The summed E-state index contributed by atoms with van der Waals surface area (Å²) in [5.41, 5.74) is 6.77. The van der Waals surface area contributed by atoms with Crippen LogP contribution in [0.3, 0.4) is 0 Å². The van der Waals surface area contributed by atoms with Crippen LogP contribution in [-0.4, -0.2) is 16.1 Å². The van der Waals surface area contributed by atoms with Crippen molar-refractivity contribution in [2.24, 2.45) is 0 Å². The zero-order chi connectivity index (χ0) is 21.8. The Morgan fingerprint density at radius 3 is 2.47 bits per heavy atom. The number of rotatable bonds is 5. The van der Waals surface area contributed by atoms with Gasteiger partial charge in [-0.25, -0.2) is 4.98 Å². The first-order valence-electron chi connectivity index (χ1n) is 8.45. The Bertz CT molecular complexity index is 1180. The van der Waals surface area contributed by atoms with Crippen LogP contribution in [0.2, 0.25) is 10.0 Å². The Morgan fingerprint density at radius 1 is 1.23 bits per heavy atom. The molecule has 0 aliphatic carbocycles. The quantitative estimate of drug-likeness (QED) is 0.510. The Morgan fingerprint density at radius 2 is 1.90 bits per heavy atom. The Labute approximate surface area is 186 Å². The number of hydrogen-bond donors (Lipinski definition) is 2. The van der Waals surface area contributed by atoms with Crippen molar-refractivity contribution in [2.75, 3.05) is 11.1 Å². The molecule has 0 radical (unpaired) electrons. The molecule has 3 N–H and O–H groups in total. The van der Waals surface area contributed by atoms with E-state index in [1.54, 1.807) is 37.3 Å². The van der Waals surface area contributed by atoms with E-state index in [4.69, 9.17) is 33.4 Å². The summed E-state index contributed by atoms with van der Waals surface area (Å²) in [7, 11) is 0. The smallest absolute Gasteiger partial charge is 0.237 e. The molecule has 3 rings (SSSR count). The second-order valence-electron chi connectivity index (χ2n) is 6.04. The third-order valence-electron chi connectivity index (χ3n) is 3.97. The summed E-state index contributed by atoms with van der Waals surface area (Å²) < 4.78 is 5.37. The number of benzene rings is 1. The highest BCUT2D eigenvalue weighted by Crippen LogP contribution is 2.37. The lowest BCUT2D eigenvalue weighted by Crippen LogP contribution is -2.22. The first kappa shape index (κ1) is 21.5. The molecule has 1 atom stereocenters. The fraction of sp³-hybridized carbons (Fsp3) is 0.100. The van der Waals surface area contributed by atoms with E-state index < -0.39 is 5.25 Å². The third-order valence-corrected chi connectivity index (χ3v) is 5.49. The first-order chi connectivity index (χ1) is 14.3. The fourth-order valence-electron chi connectivity index (χ4n) is 2.64. The van der Waals surface area contributed by atoms with Crippen LogP contribution in [0.1, 0.15) is 18.1 Å². The van der Waals surface area contributed by atoms with E-state index in [1.807, 2.05) is 12.1 Å². The molecule has 10 heteroatoms. The molecule has 3 aromatic rings. The van der Waals surface area contributed by atoms with Gasteiger partial charge in [0.1, 0.15) is 34.3 Å². The molecule has 0 bridgehead atoms. The molecule has 1 amide bonds. The van der Waals surface area contributed by atoms with E-state index in [0.29, 0.717) is 21.5 Å². The number of aromatic nitrogens is 1. The van der Waals surface area contributed by atoms with Crippen molar-refractivity contribution in [1.82, 2.24) is 4.98 Å². The van der Waals surface area contributed by atoms with Crippen molar-refractivity contribution < 1.29 is 9.21 Å². The van der Waals surface area contributed by atoms with Crippen LogP contribution in [0, 0.1) is 22.7 Å². The highest BCUT2D eigenvalue weighted by molar-refractivity contribution is 8.00. The summed E-state index contributed by atoms with van der Waals surface area (Å²) in [6.07, 6.45) is 1.42. The first-order valence-corrected chi connectivity index (χ1v) is 10.1. The number of halogens is 2. The van der Waals surface area contributed by atoms with Crippen molar-refractivity contribution in [2.45, 2.75) is 17.2 Å². The van der Waals surface area contributed by atoms with Crippen LogP contribution < -0.4 is 11.1 Å². The summed E-state index contributed by atoms with van der Waals surface area (Å²) in [6, 6.07) is 11.9. The van der Waals surface area contributed by atoms with Crippen molar-refractivity contribution >= 4 is 52.4 Å². The minimum absolute atomic E-state index is 0.0384. The lowest BCUT2D eigenvalue weighted by Gasteiger charge is -2.15. The molecule has 0 fully saturated rings. The molecule has 1 aromatic carbocycles. The molecule has 0 aliphatic rings. The van der Waals surface area contributed by atoms with Crippen LogP contribution in [0.25, 0.3) is 11.3 Å². The number of nitrogens with one attached hydrogen (secondary N) is 1. The monoisotopic (exact) mass is 457 g/mol. The Kier molecular flexibility index (Phi) is 6.53. The number of thioether (sulfide) groups is 1. The number of nitrogens with zero attached hydrogens (tertiary/aromatic N) is 3. The fourth-order valence-corrected chi connectivity index (χ4v) is 4.08. The van der Waals surface area contributed by atoms with Crippen LogP contribution in [0.5, 0.6) is 0 Å². The molecule has 2 aromatic heterocycles. The van der Waals surface area contributed by atoms with Crippen molar-refractivity contribution in [3.63, 3.8) is 0 Å². The number of pyridine rings is 1. The molecule has 0 saturated carbocycles. The summed E-state index contributed by atoms with van der Waals surface area (Å²) in [5.74, 6) is -0.101. The second kappa shape index (κ2) is 9.10. The summed E-state index contributed by atoms with van der Waals surface area (Å²) >= 11 is 12.9. The number of hydrogen-bond acceptors (Lipinski definition) is 7. The van der Waals surface area contributed by atoms with Crippen LogP contribution in [0.4, 0.5) is 11.5 Å². The lowest BCUT2D eigenvalue weighted by atomic mass is 10.0. The van der Waals surface area contributed by atoms with Gasteiger partial charge in [0.25, 0.3) is 0 Å². The maximum absolute atomic E-state index is 12.6. The van der Waals surface area contributed by atoms with E-state index >= 15 is 0 Å². The van der Waals surface area contributed by atoms with Crippen molar-refractivity contribution in [1.29, 1.82) is 10.5 Å². The van der Waals surface area contributed by atoms with Gasteiger partial charge in [-0.05, 0) is 37.3 Å². The van der Waals surface area contributed by atoms with Gasteiger partial charge in [-0.2, -0.15) is 10.5 Å². The van der Waals surface area contributed by atoms with Crippen LogP contribution >= 0.6 is 35.0 Å². The molecule has 1 unspecified atom stereocenters. The largest absolute Gasteiger partial charge is 0.464 e. The van der Waals surface area contributed by atoms with E-state index in [9.17, 15) is 15.3 Å². The van der Waals surface area contributed by atoms with Gasteiger partial charge < -0.3 is 15.5 Å². The molecule has 2 heterocycles. The number of carbonyl (C=O) groups is 1. The molecule has 150 valence electrons. The van der Waals surface area contributed by atoms with E-state index in [-0.39, 0.29) is 33.4 Å². The standard InChI is InChI=1S/C20H13Cl2N5O2S/c1-10(19(28)26-13-6-11(21)5-12(22)7-13)30-20-15(9-24)17(16-3-2-4-29-16)14(8-23)18(25)27-20/h2-7,10H,1H3,(H2,25,27)(H,26,28). The maximum atomic E-state index is 12.6. The number of nitrogens with two attached hydrogens (primary N) is 1. The minimum atomic E-state index is -0.654. The average Bonchev–Trinajstić information content (AvgIpc) is 3.21. The molecule has 7 nitrogen and oxygen atoms in total. The second-order valence-corrected chi connectivity index (χ2v) is 8.24. The minimum Gasteiger partial charge on any atom is -0.464 e. The highest BCUT2D eigenvalue weighted by atomic mass is 35.5. The molecule has 30 heavy (non-hydrogen) atoms. The van der Waals surface area contributed by atoms with Gasteiger partial charge in [0, 0.05) is 15.7 Å². The van der Waals surface area contributed by atoms with Gasteiger partial charge in [-0.3, -0.25) is 4.79 Å². The molecular weight excluding hydrogens is 445 g/mol. The summed E-state index contributed by atoms with van der Waals surface area (Å²) in [5, 5.41) is 22.3. The van der Waals surface area contributed by atoms with Gasteiger partial charge in [0.15, 0.2) is 0 Å². The van der Waals surface area contributed by atoms with Crippen LogP contribution in [-0.2, 0) is 4.79 Å². The zero-order valence-corrected chi connectivity index (χ0v) is 17.8. The summed E-state index contributed by atoms with van der Waals surface area (Å²) in [6.45, 7) is 1.65. The molecule has 0 spiro atoms. The van der Waals surface area contributed by atoms with E-state index in [1.165, 1.54) is 6.26 Å². The van der Waals surface area contributed by atoms with Crippen molar-refractivity contribution in [3.05, 3.63) is 57.8 Å². The topological polar surface area (TPSA) is 129 Å². The van der Waals surface area contributed by atoms with Crippen LogP contribution in [0.15, 0.2) is 46.0 Å². The normalized spacial score (nSPS) is 11.4. The number of anilines is 2. The third kappa shape index (κ3) is 4.52. The van der Waals surface area contributed by atoms with E-state index in [2.05, 4.69) is 10.3 Å². The molecule has 0 saturated heterocycles. The number of nitrogen functional groups attached to an aromatic ring is 1. The molecule has 0 aliphatic heterocycles. The van der Waals surface area contributed by atoms with Gasteiger partial charge in [0.2, 0.25) is 5.91 Å². The maximum Gasteiger partial charge on any atom is 0.237 e. The highest BCUT2D eigenvalue weighted by Gasteiger charge is 2.25. The van der Waals surface area contributed by atoms with Gasteiger partial charge >= 0.3 is 0 Å². The predicted molar refractivity (Wildman–Crippen MR) is 116 cm³/mol. The number of nitriles is 2. The van der Waals surface area contributed by atoms with Gasteiger partial charge in [-0.15, -0.1) is 0 Å². The SMILES string of the molecule is CC(Sc1nc(N)c(C#N)c(-c2ccco2)c1C#N)C(=O)Nc1cc(Cl)cc(Cl)c1. The zero-order valence-electron chi connectivity index (χ0n) is 15.4. The van der Waals surface area contributed by atoms with Crippen molar-refractivity contribution in [3.8, 4) is 23.5 Å². The predicted octanol–water partition coefficient (Wildman–Crippen LogP) is 5.09. The number of amides is 1. The Balaban J connectivity index is 1.93. The van der Waals surface area contributed by atoms with Gasteiger partial charge in [-0.1, -0.05) is 35.0 Å². The number of carbonyl (C=O) groups excluding carboxylic acids is 1. The molecular formula is C20H13Cl2N5O2S. The average molecular weight is 458 g/mol. The lowest BCUT2D eigenvalue weighted by molar-refractivity contribution is -0.115.